The third-order valence-corrected chi connectivity index (χ3v) is 7.37. The zero-order valence-electron chi connectivity index (χ0n) is 21.5. The lowest BCUT2D eigenvalue weighted by molar-refractivity contribution is 0.756. The van der Waals surface area contributed by atoms with Crippen LogP contribution >= 0.6 is 0 Å². The molecule has 190 valence electrons. The van der Waals surface area contributed by atoms with E-state index in [1.165, 1.54) is 0 Å². The van der Waals surface area contributed by atoms with Gasteiger partial charge in [0.1, 0.15) is 11.7 Å². The number of rotatable bonds is 4. The molecule has 1 aliphatic heterocycles. The van der Waals surface area contributed by atoms with Crippen LogP contribution in [0.3, 0.4) is 0 Å². The number of aliphatic imine (C=N–C) groups is 2. The van der Waals surface area contributed by atoms with Crippen LogP contribution in [0.25, 0.3) is 33.5 Å². The Balaban J connectivity index is 1.29. The molecule has 1 N–H and O–H groups in total. The van der Waals surface area contributed by atoms with Crippen molar-refractivity contribution in [2.24, 2.45) is 9.98 Å². The predicted molar refractivity (Wildman–Crippen MR) is 161 cm³/mol. The Morgan fingerprint density at radius 1 is 0.550 bits per heavy atom. The fourth-order valence-corrected chi connectivity index (χ4v) is 5.51. The average Bonchev–Trinajstić information content (AvgIpc) is 3.56. The quantitative estimate of drug-likeness (QED) is 0.276. The van der Waals surface area contributed by atoms with Crippen molar-refractivity contribution < 1.29 is 0 Å². The minimum Gasteiger partial charge on any atom is -0.324 e. The molecule has 3 heterocycles. The number of aromatic nitrogens is 3. The van der Waals surface area contributed by atoms with E-state index in [1.807, 2.05) is 42.5 Å². The third kappa shape index (κ3) is 3.61. The second-order valence-corrected chi connectivity index (χ2v) is 9.84. The Morgan fingerprint density at radius 3 is 1.98 bits per heavy atom. The Kier molecular flexibility index (Phi) is 5.10. The molecule has 1 aliphatic rings. The second kappa shape index (κ2) is 9.06. The minimum atomic E-state index is -0.340. The summed E-state index contributed by atoms with van der Waals surface area (Å²) in [5.41, 5.74) is 8.35. The monoisotopic (exact) mass is 516 g/mol. The summed E-state index contributed by atoms with van der Waals surface area (Å²) >= 11 is 0. The first-order chi connectivity index (χ1) is 19.8. The number of imidazole rings is 2. The summed E-state index contributed by atoms with van der Waals surface area (Å²) in [5.74, 6) is 2.47. The maximum Gasteiger partial charge on any atom is 0.220 e. The van der Waals surface area contributed by atoms with Gasteiger partial charge >= 0.3 is 0 Å². The van der Waals surface area contributed by atoms with E-state index >= 15 is 0 Å². The number of nitrogens with zero attached hydrogens (tertiary/aromatic N) is 5. The molecule has 8 rings (SSSR count). The molecule has 0 spiro atoms. The standard InChI is InChI=1S/C34H24N6/c1-3-12-23(13-4-1)31-36-32(24-14-5-2-6-15-24)38-33(37-31)25-16-11-17-26(22-25)39-29-20-9-10-21-30(29)40-28-19-8-7-18-27(28)35-34(39)40/h1-22,31H,(H,36,37,38). The van der Waals surface area contributed by atoms with E-state index in [0.29, 0.717) is 0 Å². The van der Waals surface area contributed by atoms with E-state index in [4.69, 9.17) is 15.0 Å². The highest BCUT2D eigenvalue weighted by atomic mass is 15.2. The SMILES string of the molecule is c1ccc(C2=NC(c3ccccc3)N=C(c3cccc(-n4c5ccccc5n5c6ccccc6nc45)c3)N2)cc1. The van der Waals surface area contributed by atoms with Gasteiger partial charge in [-0.3, -0.25) is 8.97 Å². The Hall–Kier alpha value is -5.49. The van der Waals surface area contributed by atoms with Gasteiger partial charge in [-0.25, -0.2) is 15.0 Å². The average molecular weight is 517 g/mol. The van der Waals surface area contributed by atoms with Crippen molar-refractivity contribution in [2.45, 2.75) is 6.17 Å². The van der Waals surface area contributed by atoms with E-state index in [9.17, 15) is 0 Å². The van der Waals surface area contributed by atoms with Crippen molar-refractivity contribution >= 4 is 39.5 Å². The molecule has 0 fully saturated rings. The maximum absolute atomic E-state index is 5.07. The van der Waals surface area contributed by atoms with Crippen LogP contribution in [0.5, 0.6) is 0 Å². The van der Waals surface area contributed by atoms with Crippen LogP contribution in [0, 0.1) is 0 Å². The smallest absolute Gasteiger partial charge is 0.220 e. The van der Waals surface area contributed by atoms with Crippen LogP contribution in [0.15, 0.2) is 143 Å². The molecule has 0 aliphatic carbocycles. The fraction of sp³-hybridized carbons (Fsp3) is 0.0294. The van der Waals surface area contributed by atoms with Gasteiger partial charge in [-0.1, -0.05) is 97.1 Å². The molecule has 7 aromatic rings. The lowest BCUT2D eigenvalue weighted by Crippen LogP contribution is -2.36. The van der Waals surface area contributed by atoms with Gasteiger partial charge in [0.05, 0.1) is 22.1 Å². The first kappa shape index (κ1) is 22.5. The first-order valence-electron chi connectivity index (χ1n) is 13.3. The molecule has 40 heavy (non-hydrogen) atoms. The van der Waals surface area contributed by atoms with E-state index in [2.05, 4.69) is 105 Å². The molecule has 6 nitrogen and oxygen atoms in total. The van der Waals surface area contributed by atoms with Gasteiger partial charge in [0.15, 0.2) is 6.17 Å². The number of hydrogen-bond donors (Lipinski definition) is 1. The predicted octanol–water partition coefficient (Wildman–Crippen LogP) is 6.93. The molecule has 2 aromatic heterocycles. The van der Waals surface area contributed by atoms with E-state index < -0.39 is 0 Å². The molecule has 0 radical (unpaired) electrons. The lowest BCUT2D eigenvalue weighted by Gasteiger charge is -2.22. The Morgan fingerprint density at radius 2 is 1.18 bits per heavy atom. The summed E-state index contributed by atoms with van der Waals surface area (Å²) in [6.07, 6.45) is -0.340. The fourth-order valence-electron chi connectivity index (χ4n) is 5.51. The molecular formula is C34H24N6. The zero-order chi connectivity index (χ0) is 26.5. The van der Waals surface area contributed by atoms with Gasteiger partial charge < -0.3 is 5.32 Å². The molecule has 1 unspecified atom stereocenters. The number of benzene rings is 5. The maximum atomic E-state index is 5.07. The second-order valence-electron chi connectivity index (χ2n) is 9.84. The largest absolute Gasteiger partial charge is 0.324 e. The van der Waals surface area contributed by atoms with Gasteiger partial charge in [0.2, 0.25) is 5.78 Å². The Labute approximate surface area is 230 Å². The molecular weight excluding hydrogens is 492 g/mol. The van der Waals surface area contributed by atoms with Crippen molar-refractivity contribution in [3.05, 3.63) is 150 Å². The molecule has 6 heteroatoms. The number of fused-ring (bicyclic) bond motifs is 5. The first-order valence-corrected chi connectivity index (χ1v) is 13.3. The minimum absolute atomic E-state index is 0.340. The highest BCUT2D eigenvalue weighted by molar-refractivity contribution is 6.16. The van der Waals surface area contributed by atoms with Crippen molar-refractivity contribution in [1.29, 1.82) is 0 Å². The number of para-hydroxylation sites is 4. The molecule has 0 saturated carbocycles. The van der Waals surface area contributed by atoms with Crippen LogP contribution in [-0.2, 0) is 0 Å². The Bertz CT molecular complexity index is 2080. The summed E-state index contributed by atoms with van der Waals surface area (Å²) in [5, 5.41) is 3.52. The van der Waals surface area contributed by atoms with Gasteiger partial charge in [0, 0.05) is 16.8 Å². The molecule has 0 bridgehead atoms. The van der Waals surface area contributed by atoms with Crippen molar-refractivity contribution in [3.8, 4) is 5.69 Å². The third-order valence-electron chi connectivity index (χ3n) is 7.37. The van der Waals surface area contributed by atoms with Gasteiger partial charge in [0.25, 0.3) is 0 Å². The van der Waals surface area contributed by atoms with Crippen LogP contribution in [0.1, 0.15) is 22.9 Å². The molecule has 1 atom stereocenters. The van der Waals surface area contributed by atoms with Crippen LogP contribution in [0.2, 0.25) is 0 Å². The van der Waals surface area contributed by atoms with Crippen LogP contribution < -0.4 is 5.32 Å². The summed E-state index contributed by atoms with van der Waals surface area (Å²) in [7, 11) is 0. The molecule has 5 aromatic carbocycles. The number of nitrogens with one attached hydrogen (secondary N) is 1. The zero-order valence-corrected chi connectivity index (χ0v) is 21.5. The van der Waals surface area contributed by atoms with E-state index in [-0.39, 0.29) is 6.17 Å². The van der Waals surface area contributed by atoms with Crippen LogP contribution in [-0.4, -0.2) is 25.6 Å². The van der Waals surface area contributed by atoms with Crippen molar-refractivity contribution in [2.75, 3.05) is 0 Å². The van der Waals surface area contributed by atoms with Gasteiger partial charge in [-0.2, -0.15) is 0 Å². The van der Waals surface area contributed by atoms with E-state index in [1.54, 1.807) is 0 Å². The summed E-state index contributed by atoms with van der Waals surface area (Å²) < 4.78 is 4.46. The highest BCUT2D eigenvalue weighted by Gasteiger charge is 2.22. The highest BCUT2D eigenvalue weighted by Crippen LogP contribution is 2.30. The normalized spacial score (nSPS) is 15.2. The van der Waals surface area contributed by atoms with Gasteiger partial charge in [-0.15, -0.1) is 0 Å². The number of hydrogen-bond acceptors (Lipinski definition) is 4. The molecule has 0 saturated heterocycles. The van der Waals surface area contributed by atoms with E-state index in [0.717, 1.165) is 61.9 Å². The molecule has 0 amide bonds. The summed E-state index contributed by atoms with van der Waals surface area (Å²) in [6, 6.07) is 45.6. The number of amidine groups is 2. The summed E-state index contributed by atoms with van der Waals surface area (Å²) in [4.78, 5) is 15.1. The summed E-state index contributed by atoms with van der Waals surface area (Å²) in [6.45, 7) is 0. The van der Waals surface area contributed by atoms with Crippen molar-refractivity contribution in [3.63, 3.8) is 0 Å². The van der Waals surface area contributed by atoms with Crippen molar-refractivity contribution in [1.82, 2.24) is 19.3 Å². The van der Waals surface area contributed by atoms with Crippen LogP contribution in [0.4, 0.5) is 0 Å². The lowest BCUT2D eigenvalue weighted by atomic mass is 10.1. The van der Waals surface area contributed by atoms with Gasteiger partial charge in [-0.05, 0) is 42.0 Å². The topological polar surface area (TPSA) is 59.0 Å².